The highest BCUT2D eigenvalue weighted by Crippen LogP contribution is 2.19. The summed E-state index contributed by atoms with van der Waals surface area (Å²) in [5.41, 5.74) is 1.12. The third kappa shape index (κ3) is 1.58. The Hall–Kier alpha value is -1.46. The zero-order valence-corrected chi connectivity index (χ0v) is 8.66. The van der Waals surface area contributed by atoms with Crippen molar-refractivity contribution in [1.82, 2.24) is 15.3 Å². The Kier molecular flexibility index (Phi) is 2.34. The lowest BCUT2D eigenvalue weighted by atomic mass is 10.2. The summed E-state index contributed by atoms with van der Waals surface area (Å²) in [6, 6.07) is 4.93. The first-order valence-electron chi connectivity index (χ1n) is 5.30. The monoisotopic (exact) mass is 221 g/mol. The van der Waals surface area contributed by atoms with E-state index in [1.165, 1.54) is 6.07 Å². The Balaban J connectivity index is 2.01. The van der Waals surface area contributed by atoms with E-state index in [9.17, 15) is 4.39 Å². The Morgan fingerprint density at radius 1 is 1.44 bits per heavy atom. The van der Waals surface area contributed by atoms with E-state index in [1.54, 1.807) is 6.07 Å². The summed E-state index contributed by atoms with van der Waals surface area (Å²) in [5.74, 6) is 0.441. The standard InChI is InChI=1S/C11H12FN3O/c12-7-2-1-3-8-10(7)15-11(14-8)9-6-16-5-4-13-9/h1-3,9,13H,4-6H2,(H,14,15). The number of aromatic amines is 1. The maximum absolute atomic E-state index is 13.4. The van der Waals surface area contributed by atoms with Crippen LogP contribution in [-0.4, -0.2) is 29.7 Å². The lowest BCUT2D eigenvalue weighted by Gasteiger charge is -2.21. The van der Waals surface area contributed by atoms with Crippen molar-refractivity contribution in [3.63, 3.8) is 0 Å². The second-order valence-electron chi connectivity index (χ2n) is 3.84. The smallest absolute Gasteiger partial charge is 0.151 e. The first-order chi connectivity index (χ1) is 7.84. The van der Waals surface area contributed by atoms with Gasteiger partial charge in [0.25, 0.3) is 0 Å². The van der Waals surface area contributed by atoms with Crippen LogP contribution in [0.2, 0.25) is 0 Å². The number of fused-ring (bicyclic) bond motifs is 1. The maximum Gasteiger partial charge on any atom is 0.151 e. The molecule has 0 spiro atoms. The Morgan fingerprint density at radius 3 is 3.12 bits per heavy atom. The van der Waals surface area contributed by atoms with Crippen LogP contribution in [0, 0.1) is 5.82 Å². The molecule has 1 fully saturated rings. The van der Waals surface area contributed by atoms with E-state index in [2.05, 4.69) is 15.3 Å². The topological polar surface area (TPSA) is 49.9 Å². The summed E-state index contributed by atoms with van der Waals surface area (Å²) in [6.07, 6.45) is 0. The van der Waals surface area contributed by atoms with E-state index in [0.29, 0.717) is 18.7 Å². The second-order valence-corrected chi connectivity index (χ2v) is 3.84. The number of morpholine rings is 1. The van der Waals surface area contributed by atoms with Crippen LogP contribution in [0.4, 0.5) is 4.39 Å². The van der Waals surface area contributed by atoms with Gasteiger partial charge in [0.05, 0.1) is 24.8 Å². The van der Waals surface area contributed by atoms with Crippen molar-refractivity contribution in [3.8, 4) is 0 Å². The summed E-state index contributed by atoms with van der Waals surface area (Å²) in [5, 5.41) is 3.27. The maximum atomic E-state index is 13.4. The summed E-state index contributed by atoms with van der Waals surface area (Å²) in [6.45, 7) is 2.08. The number of imidazole rings is 1. The predicted octanol–water partition coefficient (Wildman–Crippen LogP) is 1.36. The molecule has 5 heteroatoms. The molecule has 4 nitrogen and oxygen atoms in total. The number of benzene rings is 1. The van der Waals surface area contributed by atoms with E-state index in [-0.39, 0.29) is 11.9 Å². The Bertz CT molecular complexity index is 505. The lowest BCUT2D eigenvalue weighted by molar-refractivity contribution is 0.0746. The highest BCUT2D eigenvalue weighted by molar-refractivity contribution is 5.75. The van der Waals surface area contributed by atoms with Gasteiger partial charge in [0.2, 0.25) is 0 Å². The molecule has 0 bridgehead atoms. The minimum Gasteiger partial charge on any atom is -0.378 e. The molecule has 0 aliphatic carbocycles. The first-order valence-corrected chi connectivity index (χ1v) is 5.30. The molecule has 16 heavy (non-hydrogen) atoms. The largest absolute Gasteiger partial charge is 0.378 e. The van der Waals surface area contributed by atoms with Crippen LogP contribution in [0.3, 0.4) is 0 Å². The fourth-order valence-corrected chi connectivity index (χ4v) is 1.92. The number of H-pyrrole nitrogens is 1. The number of hydrogen-bond acceptors (Lipinski definition) is 3. The van der Waals surface area contributed by atoms with Crippen molar-refractivity contribution >= 4 is 11.0 Å². The van der Waals surface area contributed by atoms with Gasteiger partial charge in [-0.1, -0.05) is 6.07 Å². The van der Waals surface area contributed by atoms with Crippen LogP contribution < -0.4 is 5.32 Å². The van der Waals surface area contributed by atoms with Crippen LogP contribution in [0.15, 0.2) is 18.2 Å². The van der Waals surface area contributed by atoms with E-state index >= 15 is 0 Å². The van der Waals surface area contributed by atoms with Crippen molar-refractivity contribution in [3.05, 3.63) is 29.8 Å². The number of nitrogens with one attached hydrogen (secondary N) is 2. The molecule has 1 saturated heterocycles. The minimum absolute atomic E-state index is 0.0283. The summed E-state index contributed by atoms with van der Waals surface area (Å²) >= 11 is 0. The lowest BCUT2D eigenvalue weighted by Crippen LogP contribution is -2.35. The van der Waals surface area contributed by atoms with Gasteiger partial charge in [-0.2, -0.15) is 0 Å². The molecule has 2 aromatic rings. The Morgan fingerprint density at radius 2 is 2.38 bits per heavy atom. The van der Waals surface area contributed by atoms with Gasteiger partial charge < -0.3 is 15.0 Å². The van der Waals surface area contributed by atoms with Gasteiger partial charge >= 0.3 is 0 Å². The number of hydrogen-bond donors (Lipinski definition) is 2. The third-order valence-corrected chi connectivity index (χ3v) is 2.73. The van der Waals surface area contributed by atoms with Crippen LogP contribution in [0.5, 0.6) is 0 Å². The van der Waals surface area contributed by atoms with Gasteiger partial charge in [-0.15, -0.1) is 0 Å². The Labute approximate surface area is 91.8 Å². The highest BCUT2D eigenvalue weighted by Gasteiger charge is 2.19. The first kappa shape index (κ1) is 9.74. The average Bonchev–Trinajstić information content (AvgIpc) is 2.76. The van der Waals surface area contributed by atoms with Crippen molar-refractivity contribution in [2.75, 3.05) is 19.8 Å². The van der Waals surface area contributed by atoms with Crippen molar-refractivity contribution < 1.29 is 9.13 Å². The van der Waals surface area contributed by atoms with E-state index < -0.39 is 0 Å². The van der Waals surface area contributed by atoms with Gasteiger partial charge in [0.15, 0.2) is 5.82 Å². The summed E-state index contributed by atoms with van der Waals surface area (Å²) < 4.78 is 18.8. The SMILES string of the molecule is Fc1cccc2[nH]c(C3COCCN3)nc12. The molecule has 0 amide bonds. The van der Waals surface area contributed by atoms with E-state index in [1.807, 2.05) is 6.07 Å². The highest BCUT2D eigenvalue weighted by atomic mass is 19.1. The number of aromatic nitrogens is 2. The summed E-state index contributed by atoms with van der Waals surface area (Å²) in [7, 11) is 0. The quantitative estimate of drug-likeness (QED) is 0.764. The summed E-state index contributed by atoms with van der Waals surface area (Å²) in [4.78, 5) is 7.38. The van der Waals surface area contributed by atoms with Crippen molar-refractivity contribution in [2.45, 2.75) is 6.04 Å². The molecule has 1 aromatic carbocycles. The van der Waals surface area contributed by atoms with Crippen molar-refractivity contribution in [2.24, 2.45) is 0 Å². The second kappa shape index (κ2) is 3.84. The molecule has 0 saturated carbocycles. The van der Waals surface area contributed by atoms with Crippen molar-refractivity contribution in [1.29, 1.82) is 0 Å². The molecule has 2 N–H and O–H groups in total. The van der Waals surface area contributed by atoms with Crippen LogP contribution in [0.25, 0.3) is 11.0 Å². The average molecular weight is 221 g/mol. The number of para-hydroxylation sites is 1. The van der Waals surface area contributed by atoms with Gasteiger partial charge in [0.1, 0.15) is 11.3 Å². The molecule has 84 valence electrons. The number of rotatable bonds is 1. The fourth-order valence-electron chi connectivity index (χ4n) is 1.92. The number of halogens is 1. The third-order valence-electron chi connectivity index (χ3n) is 2.73. The number of nitrogens with zero attached hydrogens (tertiary/aromatic N) is 1. The molecule has 1 atom stereocenters. The molecular weight excluding hydrogens is 209 g/mol. The predicted molar refractivity (Wildman–Crippen MR) is 57.6 cm³/mol. The molecule has 1 aliphatic rings. The fraction of sp³-hybridized carbons (Fsp3) is 0.364. The van der Waals surface area contributed by atoms with Crippen LogP contribution >= 0.6 is 0 Å². The van der Waals surface area contributed by atoms with Crippen LogP contribution in [0.1, 0.15) is 11.9 Å². The molecule has 1 aromatic heterocycles. The number of ether oxygens (including phenoxy) is 1. The van der Waals surface area contributed by atoms with Gasteiger partial charge in [0, 0.05) is 6.54 Å². The van der Waals surface area contributed by atoms with Gasteiger partial charge in [-0.25, -0.2) is 9.37 Å². The van der Waals surface area contributed by atoms with Gasteiger partial charge in [-0.3, -0.25) is 0 Å². The minimum atomic E-state index is -0.295. The molecule has 3 rings (SSSR count). The van der Waals surface area contributed by atoms with E-state index in [4.69, 9.17) is 4.74 Å². The molecule has 2 heterocycles. The molecular formula is C11H12FN3O. The molecule has 1 aliphatic heterocycles. The zero-order chi connectivity index (χ0) is 11.0. The molecule has 1 unspecified atom stereocenters. The molecule has 0 radical (unpaired) electrons. The zero-order valence-electron chi connectivity index (χ0n) is 8.66. The normalized spacial score (nSPS) is 21.4. The van der Waals surface area contributed by atoms with Crippen LogP contribution in [-0.2, 0) is 4.74 Å². The van der Waals surface area contributed by atoms with E-state index in [0.717, 1.165) is 17.9 Å². The van der Waals surface area contributed by atoms with Gasteiger partial charge in [-0.05, 0) is 12.1 Å².